The van der Waals surface area contributed by atoms with Crippen LogP contribution in [0.4, 0.5) is 4.79 Å². The van der Waals surface area contributed by atoms with E-state index in [0.29, 0.717) is 23.3 Å². The maximum absolute atomic E-state index is 12.1. The van der Waals surface area contributed by atoms with Gasteiger partial charge in [-0.05, 0) is 73.6 Å². The van der Waals surface area contributed by atoms with Crippen molar-refractivity contribution in [1.29, 1.82) is 0 Å². The van der Waals surface area contributed by atoms with E-state index in [-0.39, 0.29) is 18.1 Å². The molecule has 0 bridgehead atoms. The first-order valence-electron chi connectivity index (χ1n) is 10.1. The van der Waals surface area contributed by atoms with Gasteiger partial charge in [0.25, 0.3) is 0 Å². The highest BCUT2D eigenvalue weighted by Gasteiger charge is 2.31. The fraction of sp³-hybridized carbons (Fsp3) is 0.435. The standard InChI is InChI=1S/C23H27Cl2NO3/c1-3-11-29-17-8-6-16-7-10-22(26-23(27)28-4-2)19(18(16)14-17)12-15-5-9-20(24)21(25)13-15/h5-6,8-9,13-14,19,22H,3-4,7,10-12H2,1-2H3,(H,26,27). The zero-order valence-corrected chi connectivity index (χ0v) is 18.4. The molecule has 0 saturated heterocycles. The molecule has 2 aromatic rings. The molecule has 1 aliphatic rings. The van der Waals surface area contributed by atoms with Crippen molar-refractivity contribution in [1.82, 2.24) is 5.32 Å². The van der Waals surface area contributed by atoms with E-state index in [0.717, 1.165) is 37.0 Å². The van der Waals surface area contributed by atoms with Gasteiger partial charge in [0, 0.05) is 12.0 Å². The molecule has 0 saturated carbocycles. The lowest BCUT2D eigenvalue weighted by atomic mass is 9.76. The quantitative estimate of drug-likeness (QED) is 0.565. The molecule has 0 heterocycles. The molecule has 1 aliphatic carbocycles. The first-order valence-corrected chi connectivity index (χ1v) is 10.9. The summed E-state index contributed by atoms with van der Waals surface area (Å²) in [5.41, 5.74) is 3.58. The summed E-state index contributed by atoms with van der Waals surface area (Å²) in [7, 11) is 0. The van der Waals surface area contributed by atoms with Crippen LogP contribution in [0.2, 0.25) is 10.0 Å². The van der Waals surface area contributed by atoms with Gasteiger partial charge >= 0.3 is 6.09 Å². The van der Waals surface area contributed by atoms with E-state index in [1.807, 2.05) is 24.3 Å². The van der Waals surface area contributed by atoms with E-state index in [2.05, 4.69) is 24.4 Å². The van der Waals surface area contributed by atoms with E-state index in [9.17, 15) is 4.79 Å². The van der Waals surface area contributed by atoms with Gasteiger partial charge in [-0.2, -0.15) is 0 Å². The van der Waals surface area contributed by atoms with E-state index in [4.69, 9.17) is 32.7 Å². The van der Waals surface area contributed by atoms with Crippen LogP contribution in [0.15, 0.2) is 36.4 Å². The number of hydrogen-bond donors (Lipinski definition) is 1. The van der Waals surface area contributed by atoms with Gasteiger partial charge in [0.2, 0.25) is 0 Å². The van der Waals surface area contributed by atoms with Crippen LogP contribution in [0.5, 0.6) is 5.75 Å². The molecule has 4 nitrogen and oxygen atoms in total. The minimum atomic E-state index is -0.376. The Labute approximate surface area is 182 Å². The van der Waals surface area contributed by atoms with Gasteiger partial charge in [0.15, 0.2) is 0 Å². The number of nitrogens with one attached hydrogen (secondary N) is 1. The van der Waals surface area contributed by atoms with Gasteiger partial charge in [-0.3, -0.25) is 0 Å². The molecule has 1 amide bonds. The van der Waals surface area contributed by atoms with Crippen molar-refractivity contribution in [3.8, 4) is 5.75 Å². The van der Waals surface area contributed by atoms with Crippen LogP contribution in [0.25, 0.3) is 0 Å². The Morgan fingerprint density at radius 3 is 2.69 bits per heavy atom. The van der Waals surface area contributed by atoms with E-state index in [1.165, 1.54) is 11.1 Å². The van der Waals surface area contributed by atoms with Crippen LogP contribution in [0.3, 0.4) is 0 Å². The zero-order valence-electron chi connectivity index (χ0n) is 16.8. The second-order valence-electron chi connectivity index (χ2n) is 7.28. The molecule has 156 valence electrons. The third kappa shape index (κ3) is 5.58. The number of amides is 1. The van der Waals surface area contributed by atoms with Crippen LogP contribution in [0.1, 0.15) is 49.3 Å². The van der Waals surface area contributed by atoms with Crippen molar-refractivity contribution in [2.24, 2.45) is 0 Å². The maximum atomic E-state index is 12.1. The average Bonchev–Trinajstić information content (AvgIpc) is 2.71. The van der Waals surface area contributed by atoms with Gasteiger partial charge < -0.3 is 14.8 Å². The van der Waals surface area contributed by atoms with Crippen molar-refractivity contribution < 1.29 is 14.3 Å². The Morgan fingerprint density at radius 2 is 1.97 bits per heavy atom. The molecule has 29 heavy (non-hydrogen) atoms. The Bertz CT molecular complexity index is 856. The molecule has 1 N–H and O–H groups in total. The predicted molar refractivity (Wildman–Crippen MR) is 117 cm³/mol. The molecule has 3 rings (SSSR count). The van der Waals surface area contributed by atoms with Crippen molar-refractivity contribution in [3.05, 3.63) is 63.1 Å². The van der Waals surface area contributed by atoms with Gasteiger partial charge in [-0.1, -0.05) is 42.3 Å². The highest BCUT2D eigenvalue weighted by Crippen LogP contribution is 2.37. The summed E-state index contributed by atoms with van der Waals surface area (Å²) in [4.78, 5) is 12.1. The van der Waals surface area contributed by atoms with Gasteiger partial charge in [-0.25, -0.2) is 4.79 Å². The largest absolute Gasteiger partial charge is 0.494 e. The van der Waals surface area contributed by atoms with Crippen LogP contribution in [-0.2, 0) is 17.6 Å². The van der Waals surface area contributed by atoms with Gasteiger partial charge in [0.05, 0.1) is 23.3 Å². The molecule has 0 aliphatic heterocycles. The molecular weight excluding hydrogens is 409 g/mol. The molecule has 2 unspecified atom stereocenters. The van der Waals surface area contributed by atoms with E-state index < -0.39 is 0 Å². The fourth-order valence-corrected chi connectivity index (χ4v) is 4.17. The monoisotopic (exact) mass is 435 g/mol. The van der Waals surface area contributed by atoms with Crippen LogP contribution < -0.4 is 10.1 Å². The lowest BCUT2D eigenvalue weighted by Crippen LogP contribution is -2.43. The number of rotatable bonds is 7. The smallest absolute Gasteiger partial charge is 0.407 e. The Hall–Kier alpha value is -1.91. The molecule has 0 fully saturated rings. The van der Waals surface area contributed by atoms with E-state index >= 15 is 0 Å². The molecule has 0 spiro atoms. The third-order valence-electron chi connectivity index (χ3n) is 5.22. The van der Waals surface area contributed by atoms with Crippen molar-refractivity contribution in [3.63, 3.8) is 0 Å². The number of carbonyl (C=O) groups excluding carboxylic acids is 1. The number of benzene rings is 2. The minimum Gasteiger partial charge on any atom is -0.494 e. The Kier molecular flexibility index (Phi) is 7.68. The number of aryl methyl sites for hydroxylation is 1. The molecule has 0 aromatic heterocycles. The number of hydrogen-bond acceptors (Lipinski definition) is 3. The summed E-state index contributed by atoms with van der Waals surface area (Å²) in [5.74, 6) is 0.951. The molecular formula is C23H27Cl2NO3. The summed E-state index contributed by atoms with van der Waals surface area (Å²) < 4.78 is 11.0. The first-order chi connectivity index (χ1) is 14.0. The number of halogens is 2. The highest BCUT2D eigenvalue weighted by atomic mass is 35.5. The van der Waals surface area contributed by atoms with Gasteiger partial charge in [-0.15, -0.1) is 0 Å². The topological polar surface area (TPSA) is 47.6 Å². The number of ether oxygens (including phenoxy) is 2. The third-order valence-corrected chi connectivity index (χ3v) is 5.96. The SMILES string of the molecule is CCCOc1ccc2c(c1)C(Cc1ccc(Cl)c(Cl)c1)C(NC(=O)OCC)CC2. The summed E-state index contributed by atoms with van der Waals surface area (Å²) in [6.07, 6.45) is 3.07. The van der Waals surface area contributed by atoms with Crippen LogP contribution in [-0.4, -0.2) is 25.3 Å². The second kappa shape index (κ2) is 10.2. The van der Waals surface area contributed by atoms with Crippen LogP contribution in [0, 0.1) is 0 Å². The summed E-state index contributed by atoms with van der Waals surface area (Å²) in [5, 5.41) is 4.13. The molecule has 6 heteroatoms. The summed E-state index contributed by atoms with van der Waals surface area (Å²) in [6, 6.07) is 12.0. The summed E-state index contributed by atoms with van der Waals surface area (Å²) >= 11 is 12.3. The molecule has 2 atom stereocenters. The lowest BCUT2D eigenvalue weighted by Gasteiger charge is -2.34. The molecule has 0 radical (unpaired) electrons. The molecule has 2 aromatic carbocycles. The second-order valence-corrected chi connectivity index (χ2v) is 8.09. The lowest BCUT2D eigenvalue weighted by molar-refractivity contribution is 0.144. The Balaban J connectivity index is 1.92. The Morgan fingerprint density at radius 1 is 1.14 bits per heavy atom. The van der Waals surface area contributed by atoms with Crippen molar-refractivity contribution in [2.45, 2.75) is 51.5 Å². The van der Waals surface area contributed by atoms with E-state index in [1.54, 1.807) is 6.92 Å². The number of fused-ring (bicyclic) bond motifs is 1. The average molecular weight is 436 g/mol. The van der Waals surface area contributed by atoms with Crippen molar-refractivity contribution in [2.75, 3.05) is 13.2 Å². The predicted octanol–water partition coefficient (Wildman–Crippen LogP) is 6.17. The highest BCUT2D eigenvalue weighted by molar-refractivity contribution is 6.42. The maximum Gasteiger partial charge on any atom is 0.407 e. The van der Waals surface area contributed by atoms with Crippen LogP contribution >= 0.6 is 23.2 Å². The first kappa shape index (κ1) is 21.8. The number of carbonyl (C=O) groups is 1. The minimum absolute atomic E-state index is 0.0302. The zero-order chi connectivity index (χ0) is 20.8. The fourth-order valence-electron chi connectivity index (χ4n) is 3.85. The number of alkyl carbamates (subject to hydrolysis) is 1. The summed E-state index contributed by atoms with van der Waals surface area (Å²) in [6.45, 7) is 4.92. The normalized spacial score (nSPS) is 18.1. The van der Waals surface area contributed by atoms with Crippen molar-refractivity contribution >= 4 is 29.3 Å². The van der Waals surface area contributed by atoms with Gasteiger partial charge in [0.1, 0.15) is 5.75 Å².